The van der Waals surface area contributed by atoms with Gasteiger partial charge in [-0.2, -0.15) is 0 Å². The maximum Gasteiger partial charge on any atom is 0.0593 e. The van der Waals surface area contributed by atoms with Crippen LogP contribution in [0, 0.1) is 0 Å². The lowest BCUT2D eigenvalue weighted by Crippen LogP contribution is -2.28. The van der Waals surface area contributed by atoms with Gasteiger partial charge < -0.3 is 9.64 Å². The molecule has 11 heavy (non-hydrogen) atoms. The molecule has 68 valence electrons. The lowest BCUT2D eigenvalue weighted by molar-refractivity contribution is 0.123. The molecule has 0 N–H and O–H groups in total. The van der Waals surface area contributed by atoms with Crippen LogP contribution in [0.1, 0.15) is 13.8 Å². The normalized spacial score (nSPS) is 13.9. The van der Waals surface area contributed by atoms with E-state index in [1.807, 2.05) is 6.92 Å². The van der Waals surface area contributed by atoms with Crippen molar-refractivity contribution in [3.05, 3.63) is 0 Å². The van der Waals surface area contributed by atoms with E-state index in [0.29, 0.717) is 4.83 Å². The minimum Gasteiger partial charge on any atom is -0.380 e. The number of alkyl halides is 1. The molecule has 0 radical (unpaired) electrons. The van der Waals surface area contributed by atoms with Crippen LogP contribution in [0.5, 0.6) is 0 Å². The standard InChI is InChI=1S/C8H18BrNO/c1-4-11-6-5-10(3)7-8(2)9/h8H,4-7H2,1-3H3. The van der Waals surface area contributed by atoms with Crippen LogP contribution in [0.4, 0.5) is 0 Å². The molecule has 1 unspecified atom stereocenters. The number of rotatable bonds is 6. The fourth-order valence-electron chi connectivity index (χ4n) is 0.885. The summed E-state index contributed by atoms with van der Waals surface area (Å²) in [5.74, 6) is 0. The molecule has 1 atom stereocenters. The third-order valence-corrected chi connectivity index (χ3v) is 1.67. The van der Waals surface area contributed by atoms with Crippen molar-refractivity contribution in [2.75, 3.05) is 33.4 Å². The molecule has 0 fully saturated rings. The van der Waals surface area contributed by atoms with Gasteiger partial charge in [-0.3, -0.25) is 0 Å². The Labute approximate surface area is 78.0 Å². The Balaban J connectivity index is 3.15. The Morgan fingerprint density at radius 2 is 2.18 bits per heavy atom. The molecule has 0 aliphatic rings. The minimum atomic E-state index is 0.564. The summed E-state index contributed by atoms with van der Waals surface area (Å²) in [5.41, 5.74) is 0. The van der Waals surface area contributed by atoms with Crippen molar-refractivity contribution in [1.82, 2.24) is 4.90 Å². The summed E-state index contributed by atoms with van der Waals surface area (Å²) in [6.07, 6.45) is 0. The van der Waals surface area contributed by atoms with Gasteiger partial charge in [-0.25, -0.2) is 0 Å². The summed E-state index contributed by atoms with van der Waals surface area (Å²) in [6, 6.07) is 0. The topological polar surface area (TPSA) is 12.5 Å². The van der Waals surface area contributed by atoms with Crippen molar-refractivity contribution in [3.8, 4) is 0 Å². The lowest BCUT2D eigenvalue weighted by Gasteiger charge is -2.17. The van der Waals surface area contributed by atoms with Crippen LogP contribution >= 0.6 is 15.9 Å². The highest BCUT2D eigenvalue weighted by molar-refractivity contribution is 9.09. The molecular formula is C8H18BrNO. The number of halogens is 1. The van der Waals surface area contributed by atoms with E-state index in [1.54, 1.807) is 0 Å². The molecule has 0 aliphatic carbocycles. The summed E-state index contributed by atoms with van der Waals surface area (Å²) >= 11 is 3.50. The molecular weight excluding hydrogens is 206 g/mol. The molecule has 0 saturated heterocycles. The highest BCUT2D eigenvalue weighted by Gasteiger charge is 2.01. The molecule has 0 aromatic carbocycles. The fraction of sp³-hybridized carbons (Fsp3) is 1.00. The maximum absolute atomic E-state index is 5.23. The zero-order valence-corrected chi connectivity index (χ0v) is 9.23. The van der Waals surface area contributed by atoms with Crippen LogP contribution < -0.4 is 0 Å². The van der Waals surface area contributed by atoms with Gasteiger partial charge in [0.25, 0.3) is 0 Å². The zero-order valence-electron chi connectivity index (χ0n) is 7.64. The second kappa shape index (κ2) is 7.07. The second-order valence-electron chi connectivity index (χ2n) is 2.74. The maximum atomic E-state index is 5.23. The van der Waals surface area contributed by atoms with Crippen LogP contribution in [0.2, 0.25) is 0 Å². The van der Waals surface area contributed by atoms with Crippen LogP contribution in [0.3, 0.4) is 0 Å². The molecule has 0 aromatic heterocycles. The molecule has 3 heteroatoms. The van der Waals surface area contributed by atoms with Crippen molar-refractivity contribution < 1.29 is 4.74 Å². The number of hydrogen-bond donors (Lipinski definition) is 0. The molecule has 0 heterocycles. The zero-order chi connectivity index (χ0) is 8.69. The van der Waals surface area contributed by atoms with E-state index >= 15 is 0 Å². The first-order valence-electron chi connectivity index (χ1n) is 4.07. The highest BCUT2D eigenvalue weighted by Crippen LogP contribution is 1.98. The van der Waals surface area contributed by atoms with E-state index in [0.717, 1.165) is 26.3 Å². The summed E-state index contributed by atoms with van der Waals surface area (Å²) in [4.78, 5) is 2.82. The molecule has 0 bridgehead atoms. The average molecular weight is 224 g/mol. The van der Waals surface area contributed by atoms with Crippen LogP contribution in [-0.4, -0.2) is 43.1 Å². The SMILES string of the molecule is CCOCCN(C)CC(C)Br. The third kappa shape index (κ3) is 8.30. The van der Waals surface area contributed by atoms with Crippen LogP contribution in [0.25, 0.3) is 0 Å². The molecule has 0 saturated carbocycles. The van der Waals surface area contributed by atoms with E-state index in [1.165, 1.54) is 0 Å². The molecule has 2 nitrogen and oxygen atoms in total. The van der Waals surface area contributed by atoms with E-state index in [4.69, 9.17) is 4.74 Å². The average Bonchev–Trinajstić information content (AvgIpc) is 1.86. The van der Waals surface area contributed by atoms with E-state index in [-0.39, 0.29) is 0 Å². The Kier molecular flexibility index (Phi) is 7.33. The van der Waals surface area contributed by atoms with Crippen molar-refractivity contribution in [1.29, 1.82) is 0 Å². The molecule has 0 amide bonds. The second-order valence-corrected chi connectivity index (χ2v) is 4.30. The quantitative estimate of drug-likeness (QED) is 0.503. The Morgan fingerprint density at radius 1 is 1.55 bits per heavy atom. The van der Waals surface area contributed by atoms with Crippen LogP contribution in [-0.2, 0) is 4.74 Å². The molecule has 0 rings (SSSR count). The smallest absolute Gasteiger partial charge is 0.0593 e. The summed E-state index contributed by atoms with van der Waals surface area (Å²) in [7, 11) is 2.11. The summed E-state index contributed by atoms with van der Waals surface area (Å²) in [5, 5.41) is 0. The minimum absolute atomic E-state index is 0.564. The predicted octanol–water partition coefficient (Wildman–Crippen LogP) is 1.74. The van der Waals surface area contributed by atoms with E-state index in [2.05, 4.69) is 34.8 Å². The first-order valence-corrected chi connectivity index (χ1v) is 4.98. The van der Waals surface area contributed by atoms with Gasteiger partial charge in [-0.05, 0) is 14.0 Å². The largest absolute Gasteiger partial charge is 0.380 e. The van der Waals surface area contributed by atoms with Gasteiger partial charge in [-0.15, -0.1) is 0 Å². The van der Waals surface area contributed by atoms with Crippen molar-refractivity contribution >= 4 is 15.9 Å². The van der Waals surface area contributed by atoms with Gasteiger partial charge in [0, 0.05) is 24.5 Å². The molecule has 0 spiro atoms. The number of ether oxygens (including phenoxy) is 1. The number of likely N-dealkylation sites (N-methyl/N-ethyl adjacent to an activating group) is 1. The molecule has 0 aromatic rings. The fourth-order valence-corrected chi connectivity index (χ4v) is 1.38. The first kappa shape index (κ1) is 11.4. The van der Waals surface area contributed by atoms with Crippen molar-refractivity contribution in [2.24, 2.45) is 0 Å². The van der Waals surface area contributed by atoms with Crippen molar-refractivity contribution in [3.63, 3.8) is 0 Å². The number of hydrogen-bond acceptors (Lipinski definition) is 2. The van der Waals surface area contributed by atoms with E-state index in [9.17, 15) is 0 Å². The Bertz CT molecular complexity index is 88.2. The monoisotopic (exact) mass is 223 g/mol. The van der Waals surface area contributed by atoms with E-state index < -0.39 is 0 Å². The lowest BCUT2D eigenvalue weighted by atomic mass is 10.4. The Hall–Kier alpha value is 0.400. The van der Waals surface area contributed by atoms with Gasteiger partial charge in [0.2, 0.25) is 0 Å². The molecule has 0 aliphatic heterocycles. The van der Waals surface area contributed by atoms with Gasteiger partial charge in [-0.1, -0.05) is 22.9 Å². The van der Waals surface area contributed by atoms with Gasteiger partial charge >= 0.3 is 0 Å². The van der Waals surface area contributed by atoms with Gasteiger partial charge in [0.1, 0.15) is 0 Å². The summed E-state index contributed by atoms with van der Waals surface area (Å²) in [6.45, 7) is 7.92. The van der Waals surface area contributed by atoms with Crippen molar-refractivity contribution in [2.45, 2.75) is 18.7 Å². The van der Waals surface area contributed by atoms with Gasteiger partial charge in [0.05, 0.1) is 6.61 Å². The third-order valence-electron chi connectivity index (χ3n) is 1.38. The van der Waals surface area contributed by atoms with Gasteiger partial charge in [0.15, 0.2) is 0 Å². The first-order chi connectivity index (χ1) is 5.16. The highest BCUT2D eigenvalue weighted by atomic mass is 79.9. The Morgan fingerprint density at radius 3 is 2.64 bits per heavy atom. The summed E-state index contributed by atoms with van der Waals surface area (Å²) < 4.78 is 5.23. The van der Waals surface area contributed by atoms with Crippen LogP contribution in [0.15, 0.2) is 0 Å². The predicted molar refractivity (Wildman–Crippen MR) is 52.4 cm³/mol. The number of nitrogens with zero attached hydrogens (tertiary/aromatic N) is 1.